The van der Waals surface area contributed by atoms with Gasteiger partial charge in [0.2, 0.25) is 0 Å². The summed E-state index contributed by atoms with van der Waals surface area (Å²) in [5.41, 5.74) is 0. The number of hydrogen-bond donors (Lipinski definition) is 1. The van der Waals surface area contributed by atoms with Crippen molar-refractivity contribution in [2.75, 3.05) is 0 Å². The van der Waals surface area contributed by atoms with Gasteiger partial charge in [0, 0.05) is 6.42 Å². The lowest BCUT2D eigenvalue weighted by Crippen LogP contribution is -1.94. The van der Waals surface area contributed by atoms with E-state index in [4.69, 9.17) is 5.11 Å². The molecule has 0 aliphatic carbocycles. The highest BCUT2D eigenvalue weighted by atomic mass is 19.3. The largest absolute Gasteiger partial charge is 0.364 e. The van der Waals surface area contributed by atoms with Crippen molar-refractivity contribution in [2.24, 2.45) is 0 Å². The van der Waals surface area contributed by atoms with Crippen LogP contribution in [-0.2, 0) is 0 Å². The molecule has 0 heterocycles. The standard InChI is InChI=1S/C5H7F3O/c6-4(7)2-1-3-5(8)9/h2,5,9H,1,3H2. The molecule has 1 nitrogen and oxygen atoms in total. The first-order valence-corrected chi connectivity index (χ1v) is 2.46. The van der Waals surface area contributed by atoms with Crippen LogP contribution < -0.4 is 0 Å². The number of allylic oxidation sites excluding steroid dienone is 1. The molecule has 0 aromatic rings. The van der Waals surface area contributed by atoms with Crippen molar-refractivity contribution in [3.63, 3.8) is 0 Å². The van der Waals surface area contributed by atoms with Crippen LogP contribution in [0.5, 0.6) is 0 Å². The van der Waals surface area contributed by atoms with Gasteiger partial charge in [-0.05, 0) is 12.5 Å². The van der Waals surface area contributed by atoms with Crippen LogP contribution >= 0.6 is 0 Å². The Kier molecular flexibility index (Phi) is 4.13. The summed E-state index contributed by atoms with van der Waals surface area (Å²) in [5, 5.41) is 7.92. The second-order valence-corrected chi connectivity index (χ2v) is 1.51. The Hall–Kier alpha value is -0.510. The summed E-state index contributed by atoms with van der Waals surface area (Å²) in [5.74, 6) is 0. The average molecular weight is 140 g/mol. The van der Waals surface area contributed by atoms with Crippen LogP contribution in [0.1, 0.15) is 12.8 Å². The maximum absolute atomic E-state index is 11.4. The Bertz CT molecular complexity index is 96.4. The monoisotopic (exact) mass is 140 g/mol. The molecule has 0 aliphatic rings. The summed E-state index contributed by atoms with van der Waals surface area (Å²) in [6.45, 7) is 0. The van der Waals surface area contributed by atoms with Gasteiger partial charge in [0.05, 0.1) is 0 Å². The first-order valence-electron chi connectivity index (χ1n) is 2.46. The molecule has 0 amide bonds. The van der Waals surface area contributed by atoms with Crippen LogP contribution in [0.4, 0.5) is 13.2 Å². The molecule has 0 spiro atoms. The zero-order valence-corrected chi connectivity index (χ0v) is 4.65. The van der Waals surface area contributed by atoms with Crippen LogP contribution in [0.2, 0.25) is 0 Å². The van der Waals surface area contributed by atoms with E-state index < -0.39 is 12.4 Å². The molecule has 9 heavy (non-hydrogen) atoms. The molecule has 0 rings (SSSR count). The minimum Gasteiger partial charge on any atom is -0.364 e. The summed E-state index contributed by atoms with van der Waals surface area (Å²) in [4.78, 5) is 0. The number of aliphatic hydroxyl groups excluding tert-OH is 1. The maximum Gasteiger partial charge on any atom is 0.266 e. The Labute approximate surface area is 50.8 Å². The molecule has 0 aromatic carbocycles. The van der Waals surface area contributed by atoms with E-state index in [0.717, 1.165) is 0 Å². The van der Waals surface area contributed by atoms with Crippen molar-refractivity contribution in [3.05, 3.63) is 12.2 Å². The van der Waals surface area contributed by atoms with Gasteiger partial charge in [-0.25, -0.2) is 4.39 Å². The molecule has 0 fully saturated rings. The van der Waals surface area contributed by atoms with E-state index in [1.807, 2.05) is 0 Å². The van der Waals surface area contributed by atoms with E-state index >= 15 is 0 Å². The van der Waals surface area contributed by atoms with E-state index in [2.05, 4.69) is 0 Å². The molecule has 4 heteroatoms. The summed E-state index contributed by atoms with van der Waals surface area (Å²) in [6.07, 6.45) is -3.64. The van der Waals surface area contributed by atoms with Crippen LogP contribution in [0.25, 0.3) is 0 Å². The van der Waals surface area contributed by atoms with Crippen molar-refractivity contribution in [2.45, 2.75) is 19.2 Å². The highest BCUT2D eigenvalue weighted by molar-refractivity contribution is 4.79. The van der Waals surface area contributed by atoms with E-state index in [1.54, 1.807) is 0 Å². The van der Waals surface area contributed by atoms with Gasteiger partial charge < -0.3 is 5.11 Å². The predicted octanol–water partition coefficient (Wildman–Crippen LogP) is 1.83. The third kappa shape index (κ3) is 7.49. The molecule has 0 saturated heterocycles. The van der Waals surface area contributed by atoms with Gasteiger partial charge in [-0.15, -0.1) is 0 Å². The summed E-state index contributed by atoms with van der Waals surface area (Å²) >= 11 is 0. The lowest BCUT2D eigenvalue weighted by atomic mass is 10.3. The molecule has 1 atom stereocenters. The minimum atomic E-state index is -1.99. The highest BCUT2D eigenvalue weighted by Crippen LogP contribution is 2.03. The van der Waals surface area contributed by atoms with Gasteiger partial charge in [-0.2, -0.15) is 8.78 Å². The lowest BCUT2D eigenvalue weighted by Gasteiger charge is -1.93. The summed E-state index contributed by atoms with van der Waals surface area (Å²) < 4.78 is 33.7. The quantitative estimate of drug-likeness (QED) is 0.634. The fraction of sp³-hybridized carbons (Fsp3) is 0.600. The number of alkyl halides is 1. The normalized spacial score (nSPS) is 12.9. The number of rotatable bonds is 3. The highest BCUT2D eigenvalue weighted by Gasteiger charge is 1.97. The van der Waals surface area contributed by atoms with Crippen LogP contribution in [-0.4, -0.2) is 11.5 Å². The average Bonchev–Trinajstić information content (AvgIpc) is 1.63. The van der Waals surface area contributed by atoms with Crippen molar-refractivity contribution in [3.8, 4) is 0 Å². The first kappa shape index (κ1) is 8.49. The van der Waals surface area contributed by atoms with Gasteiger partial charge in [0.25, 0.3) is 6.08 Å². The fourth-order valence-corrected chi connectivity index (χ4v) is 0.330. The fourth-order valence-electron chi connectivity index (χ4n) is 0.330. The van der Waals surface area contributed by atoms with Crippen LogP contribution in [0.15, 0.2) is 12.2 Å². The van der Waals surface area contributed by atoms with Gasteiger partial charge >= 0.3 is 0 Å². The van der Waals surface area contributed by atoms with Crippen molar-refractivity contribution in [1.29, 1.82) is 0 Å². The SMILES string of the molecule is OC(F)CCC=C(F)F. The second kappa shape index (κ2) is 4.38. The third-order valence-corrected chi connectivity index (χ3v) is 0.704. The molecule has 1 N–H and O–H groups in total. The molecule has 0 bridgehead atoms. The lowest BCUT2D eigenvalue weighted by molar-refractivity contribution is 0.0354. The Morgan fingerprint density at radius 1 is 1.56 bits per heavy atom. The van der Waals surface area contributed by atoms with Gasteiger partial charge in [-0.3, -0.25) is 0 Å². The molecule has 0 aliphatic heterocycles. The maximum atomic E-state index is 11.4. The smallest absolute Gasteiger partial charge is 0.266 e. The van der Waals surface area contributed by atoms with Crippen LogP contribution in [0.3, 0.4) is 0 Å². The van der Waals surface area contributed by atoms with E-state index in [1.165, 1.54) is 0 Å². The van der Waals surface area contributed by atoms with E-state index in [0.29, 0.717) is 6.08 Å². The summed E-state index contributed by atoms with van der Waals surface area (Å²) in [7, 11) is 0. The van der Waals surface area contributed by atoms with Crippen molar-refractivity contribution in [1.82, 2.24) is 0 Å². The van der Waals surface area contributed by atoms with Crippen molar-refractivity contribution < 1.29 is 18.3 Å². The van der Waals surface area contributed by atoms with Gasteiger partial charge in [0.15, 0.2) is 6.36 Å². The third-order valence-electron chi connectivity index (χ3n) is 0.704. The molecule has 0 saturated carbocycles. The molecule has 54 valence electrons. The molecule has 1 unspecified atom stereocenters. The second-order valence-electron chi connectivity index (χ2n) is 1.51. The molecular formula is C5H7F3O. The molecule has 0 aromatic heterocycles. The number of halogens is 3. The van der Waals surface area contributed by atoms with E-state index in [-0.39, 0.29) is 12.8 Å². The Balaban J connectivity index is 3.20. The zero-order chi connectivity index (χ0) is 7.28. The Morgan fingerprint density at radius 2 is 2.11 bits per heavy atom. The van der Waals surface area contributed by atoms with Gasteiger partial charge in [-0.1, -0.05) is 0 Å². The topological polar surface area (TPSA) is 20.2 Å². The predicted molar refractivity (Wildman–Crippen MR) is 26.6 cm³/mol. The van der Waals surface area contributed by atoms with Crippen molar-refractivity contribution >= 4 is 0 Å². The molecule has 0 radical (unpaired) electrons. The number of aliphatic hydroxyl groups is 1. The van der Waals surface area contributed by atoms with Crippen LogP contribution in [0, 0.1) is 0 Å². The Morgan fingerprint density at radius 3 is 2.44 bits per heavy atom. The molecular weight excluding hydrogens is 133 g/mol. The van der Waals surface area contributed by atoms with E-state index in [9.17, 15) is 13.2 Å². The number of hydrogen-bond acceptors (Lipinski definition) is 1. The van der Waals surface area contributed by atoms with Gasteiger partial charge in [0.1, 0.15) is 0 Å². The summed E-state index contributed by atoms with van der Waals surface area (Å²) in [6, 6.07) is 0. The minimum absolute atomic E-state index is 0.125. The zero-order valence-electron chi connectivity index (χ0n) is 4.65. The first-order chi connectivity index (χ1) is 4.13.